The highest BCUT2D eigenvalue weighted by atomic mass is 19.1. The number of hydrogen-bond donors (Lipinski definition) is 0. The lowest BCUT2D eigenvalue weighted by molar-refractivity contribution is 0.0186. The fraction of sp³-hybridized carbons (Fsp3) is 0.562. The Labute approximate surface area is 129 Å². The summed E-state index contributed by atoms with van der Waals surface area (Å²) in [4.78, 5) is 13.7. The number of likely N-dealkylation sites (tertiary alicyclic amines) is 1. The van der Waals surface area contributed by atoms with Crippen LogP contribution in [0.4, 0.5) is 13.6 Å². The molecule has 6 heteroatoms. The number of ether oxygens (including phenoxy) is 2. The zero-order valence-electron chi connectivity index (χ0n) is 13.1. The number of carbonyl (C=O) groups excluding carboxylic acids is 1. The number of hydrogen-bond acceptors (Lipinski definition) is 3. The smallest absolute Gasteiger partial charge is 0.410 e. The van der Waals surface area contributed by atoms with Gasteiger partial charge < -0.3 is 14.4 Å². The molecule has 0 spiro atoms. The van der Waals surface area contributed by atoms with E-state index in [-0.39, 0.29) is 18.4 Å². The third-order valence-corrected chi connectivity index (χ3v) is 3.33. The number of rotatable bonds is 3. The van der Waals surface area contributed by atoms with E-state index in [1.54, 1.807) is 25.7 Å². The Morgan fingerprint density at radius 1 is 1.36 bits per heavy atom. The topological polar surface area (TPSA) is 38.8 Å². The van der Waals surface area contributed by atoms with E-state index in [0.29, 0.717) is 6.54 Å². The molecule has 2 rings (SSSR count). The minimum Gasteiger partial charge on any atom is -0.488 e. The van der Waals surface area contributed by atoms with Crippen molar-refractivity contribution in [3.8, 4) is 5.75 Å². The lowest BCUT2D eigenvalue weighted by atomic mass is 10.2. The minimum atomic E-state index is -0.748. The van der Waals surface area contributed by atoms with E-state index in [2.05, 4.69) is 0 Å². The molecular formula is C16H21F2NO3. The van der Waals surface area contributed by atoms with Gasteiger partial charge in [-0.2, -0.15) is 0 Å². The Morgan fingerprint density at radius 2 is 2.09 bits per heavy atom. The molecule has 22 heavy (non-hydrogen) atoms. The molecule has 1 saturated heterocycles. The number of nitrogens with zero attached hydrogens (tertiary/aromatic N) is 1. The molecular weight excluding hydrogens is 292 g/mol. The molecule has 0 aromatic heterocycles. The first-order chi connectivity index (χ1) is 10.3. The quantitative estimate of drug-likeness (QED) is 0.853. The molecule has 1 fully saturated rings. The van der Waals surface area contributed by atoms with E-state index in [4.69, 9.17) is 9.47 Å². The highest BCUT2D eigenvalue weighted by molar-refractivity contribution is 5.69. The van der Waals surface area contributed by atoms with Crippen molar-refractivity contribution in [2.75, 3.05) is 13.2 Å². The molecule has 1 unspecified atom stereocenters. The van der Waals surface area contributed by atoms with Gasteiger partial charge in [0.2, 0.25) is 0 Å². The molecule has 1 aliphatic heterocycles. The summed E-state index contributed by atoms with van der Waals surface area (Å²) in [5.74, 6) is -1.42. The molecule has 0 bridgehead atoms. The van der Waals surface area contributed by atoms with Gasteiger partial charge in [-0.15, -0.1) is 0 Å². The van der Waals surface area contributed by atoms with Gasteiger partial charge in [0.05, 0.1) is 6.04 Å². The first kappa shape index (κ1) is 16.5. The van der Waals surface area contributed by atoms with Crippen molar-refractivity contribution in [1.29, 1.82) is 0 Å². The van der Waals surface area contributed by atoms with Crippen LogP contribution in [0.1, 0.15) is 33.6 Å². The van der Waals surface area contributed by atoms with Gasteiger partial charge in [-0.05, 0) is 45.7 Å². The van der Waals surface area contributed by atoms with E-state index in [1.165, 1.54) is 6.07 Å². The van der Waals surface area contributed by atoms with E-state index >= 15 is 0 Å². The zero-order chi connectivity index (χ0) is 16.3. The molecule has 0 aliphatic carbocycles. The Hall–Kier alpha value is -1.85. The summed E-state index contributed by atoms with van der Waals surface area (Å²) in [5, 5.41) is 0. The molecule has 1 atom stereocenters. The van der Waals surface area contributed by atoms with E-state index in [0.717, 1.165) is 25.0 Å². The van der Waals surface area contributed by atoms with Gasteiger partial charge in [-0.3, -0.25) is 0 Å². The summed E-state index contributed by atoms with van der Waals surface area (Å²) < 4.78 is 37.1. The van der Waals surface area contributed by atoms with Gasteiger partial charge in [0, 0.05) is 12.6 Å². The van der Waals surface area contributed by atoms with Crippen LogP contribution in [0.2, 0.25) is 0 Å². The minimum absolute atomic E-state index is 0.0163. The summed E-state index contributed by atoms with van der Waals surface area (Å²) >= 11 is 0. The average molecular weight is 313 g/mol. The summed E-state index contributed by atoms with van der Waals surface area (Å²) in [7, 11) is 0. The van der Waals surface area contributed by atoms with Gasteiger partial charge >= 0.3 is 6.09 Å². The largest absolute Gasteiger partial charge is 0.488 e. The van der Waals surface area contributed by atoms with E-state index < -0.39 is 23.3 Å². The molecule has 1 heterocycles. The summed E-state index contributed by atoms with van der Waals surface area (Å²) in [6.07, 6.45) is 1.22. The molecule has 4 nitrogen and oxygen atoms in total. The second kappa shape index (κ2) is 6.50. The van der Waals surface area contributed by atoms with Crippen LogP contribution in [0.3, 0.4) is 0 Å². The summed E-state index contributed by atoms with van der Waals surface area (Å²) in [5.41, 5.74) is -0.561. The van der Waals surface area contributed by atoms with E-state index in [1.807, 2.05) is 0 Å². The fourth-order valence-electron chi connectivity index (χ4n) is 2.35. The normalized spacial score (nSPS) is 18.4. The second-order valence-electron chi connectivity index (χ2n) is 6.36. The first-order valence-corrected chi connectivity index (χ1v) is 7.34. The Balaban J connectivity index is 1.95. The van der Waals surface area contributed by atoms with Crippen molar-refractivity contribution in [1.82, 2.24) is 4.90 Å². The maximum Gasteiger partial charge on any atom is 0.410 e. The van der Waals surface area contributed by atoms with Crippen LogP contribution in [0.25, 0.3) is 0 Å². The number of amides is 1. The van der Waals surface area contributed by atoms with Gasteiger partial charge in [-0.25, -0.2) is 13.6 Å². The molecule has 0 radical (unpaired) electrons. The molecule has 1 aliphatic rings. The standard InChI is InChI=1S/C16H21F2NO3/c1-16(2,3)22-15(20)19-8-4-5-12(19)10-21-14-7-6-11(17)9-13(14)18/h6-7,9,12H,4-5,8,10H2,1-3H3. The maximum absolute atomic E-state index is 13.5. The van der Waals surface area contributed by atoms with E-state index in [9.17, 15) is 13.6 Å². The Kier molecular flexibility index (Phi) is 4.88. The van der Waals surface area contributed by atoms with Crippen LogP contribution in [0.5, 0.6) is 5.75 Å². The van der Waals surface area contributed by atoms with Crippen molar-refractivity contribution >= 4 is 6.09 Å². The van der Waals surface area contributed by atoms with Crippen molar-refractivity contribution in [2.45, 2.75) is 45.3 Å². The Bertz CT molecular complexity index is 543. The third kappa shape index (κ3) is 4.32. The van der Waals surface area contributed by atoms with Gasteiger partial charge in [0.15, 0.2) is 11.6 Å². The molecule has 1 amide bonds. The van der Waals surface area contributed by atoms with Crippen LogP contribution in [0, 0.1) is 11.6 Å². The molecule has 122 valence electrons. The van der Waals surface area contributed by atoms with Crippen molar-refractivity contribution in [3.63, 3.8) is 0 Å². The van der Waals surface area contributed by atoms with Crippen LogP contribution in [-0.2, 0) is 4.74 Å². The summed E-state index contributed by atoms with van der Waals surface area (Å²) in [6, 6.07) is 2.99. The maximum atomic E-state index is 13.5. The third-order valence-electron chi connectivity index (χ3n) is 3.33. The van der Waals surface area contributed by atoms with Crippen LogP contribution < -0.4 is 4.74 Å². The van der Waals surface area contributed by atoms with Crippen LogP contribution >= 0.6 is 0 Å². The average Bonchev–Trinajstić information content (AvgIpc) is 2.84. The number of benzene rings is 1. The number of carbonyl (C=O) groups is 1. The van der Waals surface area contributed by atoms with Gasteiger partial charge in [0.25, 0.3) is 0 Å². The Morgan fingerprint density at radius 3 is 2.73 bits per heavy atom. The van der Waals surface area contributed by atoms with Crippen molar-refractivity contribution < 1.29 is 23.0 Å². The fourth-order valence-corrected chi connectivity index (χ4v) is 2.35. The monoisotopic (exact) mass is 313 g/mol. The van der Waals surface area contributed by atoms with Crippen LogP contribution in [0.15, 0.2) is 18.2 Å². The summed E-state index contributed by atoms with van der Waals surface area (Å²) in [6.45, 7) is 6.16. The van der Waals surface area contributed by atoms with Gasteiger partial charge in [0.1, 0.15) is 18.0 Å². The van der Waals surface area contributed by atoms with Crippen LogP contribution in [-0.4, -0.2) is 35.8 Å². The van der Waals surface area contributed by atoms with Gasteiger partial charge in [-0.1, -0.05) is 0 Å². The highest BCUT2D eigenvalue weighted by Crippen LogP contribution is 2.23. The predicted octanol–water partition coefficient (Wildman–Crippen LogP) is 3.74. The zero-order valence-corrected chi connectivity index (χ0v) is 13.1. The SMILES string of the molecule is CC(C)(C)OC(=O)N1CCCC1COc1ccc(F)cc1F. The number of halogens is 2. The second-order valence-corrected chi connectivity index (χ2v) is 6.36. The lowest BCUT2D eigenvalue weighted by Gasteiger charge is -2.28. The predicted molar refractivity (Wildman–Crippen MR) is 77.8 cm³/mol. The molecule has 1 aromatic rings. The highest BCUT2D eigenvalue weighted by Gasteiger charge is 2.32. The van der Waals surface area contributed by atoms with Crippen molar-refractivity contribution in [3.05, 3.63) is 29.8 Å². The molecule has 1 aromatic carbocycles. The first-order valence-electron chi connectivity index (χ1n) is 7.34. The molecule has 0 saturated carbocycles. The molecule has 0 N–H and O–H groups in total. The lowest BCUT2D eigenvalue weighted by Crippen LogP contribution is -2.42. The van der Waals surface area contributed by atoms with Crippen molar-refractivity contribution in [2.24, 2.45) is 0 Å².